The molecule has 0 atom stereocenters. The average molecular weight is 435 g/mol. The standard InChI is InChI=1S/C24H22N2O4S/c1-15-4-10-21(30-15)23(27)25-13-16-5-7-17(8-6-16)24-26-19(14-31-24)18-9-11-20(28-2)22(12-18)29-3/h4-12,14H,13H2,1-3H3,(H,25,27). The first-order valence-electron chi connectivity index (χ1n) is 9.69. The molecule has 158 valence electrons. The van der Waals surface area contributed by atoms with Gasteiger partial charge in [0.2, 0.25) is 0 Å². The van der Waals surface area contributed by atoms with E-state index in [1.54, 1.807) is 37.7 Å². The second-order valence-electron chi connectivity index (χ2n) is 6.90. The molecular weight excluding hydrogens is 412 g/mol. The number of aryl methyl sites for hydroxylation is 1. The molecule has 1 amide bonds. The summed E-state index contributed by atoms with van der Waals surface area (Å²) in [7, 11) is 3.24. The van der Waals surface area contributed by atoms with Gasteiger partial charge in [0.15, 0.2) is 17.3 Å². The van der Waals surface area contributed by atoms with Gasteiger partial charge in [0.1, 0.15) is 10.8 Å². The van der Waals surface area contributed by atoms with Crippen LogP contribution in [0.1, 0.15) is 21.9 Å². The summed E-state index contributed by atoms with van der Waals surface area (Å²) >= 11 is 1.58. The number of amides is 1. The first-order valence-corrected chi connectivity index (χ1v) is 10.6. The Bertz CT molecular complexity index is 1190. The summed E-state index contributed by atoms with van der Waals surface area (Å²) in [5.74, 6) is 2.17. The highest BCUT2D eigenvalue weighted by molar-refractivity contribution is 7.13. The molecule has 6 nitrogen and oxygen atoms in total. The predicted molar refractivity (Wildman–Crippen MR) is 121 cm³/mol. The zero-order chi connectivity index (χ0) is 21.8. The van der Waals surface area contributed by atoms with Crippen molar-refractivity contribution in [1.29, 1.82) is 0 Å². The van der Waals surface area contributed by atoms with Crippen LogP contribution in [0.5, 0.6) is 11.5 Å². The zero-order valence-electron chi connectivity index (χ0n) is 17.5. The number of ether oxygens (including phenoxy) is 2. The van der Waals surface area contributed by atoms with Gasteiger partial charge in [-0.3, -0.25) is 4.79 Å². The number of nitrogens with one attached hydrogen (secondary N) is 1. The van der Waals surface area contributed by atoms with E-state index in [-0.39, 0.29) is 5.91 Å². The van der Waals surface area contributed by atoms with Crippen molar-refractivity contribution >= 4 is 17.2 Å². The minimum Gasteiger partial charge on any atom is -0.493 e. The van der Waals surface area contributed by atoms with Gasteiger partial charge in [-0.2, -0.15) is 0 Å². The van der Waals surface area contributed by atoms with Gasteiger partial charge in [-0.15, -0.1) is 11.3 Å². The number of nitrogens with zero attached hydrogens (tertiary/aromatic N) is 1. The van der Waals surface area contributed by atoms with Crippen LogP contribution >= 0.6 is 11.3 Å². The van der Waals surface area contributed by atoms with E-state index < -0.39 is 0 Å². The van der Waals surface area contributed by atoms with Gasteiger partial charge < -0.3 is 19.2 Å². The predicted octanol–water partition coefficient (Wildman–Crippen LogP) is 5.33. The van der Waals surface area contributed by atoms with E-state index in [0.717, 1.165) is 27.4 Å². The molecule has 4 aromatic rings. The number of methoxy groups -OCH3 is 2. The quantitative estimate of drug-likeness (QED) is 0.426. The molecule has 0 aliphatic carbocycles. The number of hydrogen-bond acceptors (Lipinski definition) is 6. The van der Waals surface area contributed by atoms with Crippen LogP contribution < -0.4 is 14.8 Å². The number of rotatable bonds is 7. The van der Waals surface area contributed by atoms with Crippen molar-refractivity contribution in [3.8, 4) is 33.3 Å². The highest BCUT2D eigenvalue weighted by Crippen LogP contribution is 2.34. The van der Waals surface area contributed by atoms with Gasteiger partial charge in [-0.05, 0) is 42.8 Å². The van der Waals surface area contributed by atoms with Crippen LogP contribution in [0, 0.1) is 6.92 Å². The molecule has 2 aromatic carbocycles. The van der Waals surface area contributed by atoms with Crippen LogP contribution in [-0.4, -0.2) is 25.1 Å². The Morgan fingerprint density at radius 3 is 2.42 bits per heavy atom. The van der Waals surface area contributed by atoms with Crippen molar-refractivity contribution in [1.82, 2.24) is 10.3 Å². The van der Waals surface area contributed by atoms with Crippen LogP contribution in [0.3, 0.4) is 0 Å². The molecule has 0 saturated carbocycles. The molecule has 0 aliphatic heterocycles. The Kier molecular flexibility index (Phi) is 6.04. The molecule has 31 heavy (non-hydrogen) atoms. The smallest absolute Gasteiger partial charge is 0.287 e. The first kappa shape index (κ1) is 20.7. The van der Waals surface area contributed by atoms with Crippen LogP contribution in [0.4, 0.5) is 0 Å². The van der Waals surface area contributed by atoms with Gasteiger partial charge in [0, 0.05) is 23.1 Å². The molecule has 2 aromatic heterocycles. The van der Waals surface area contributed by atoms with Crippen LogP contribution in [0.15, 0.2) is 64.4 Å². The third-order valence-corrected chi connectivity index (χ3v) is 5.69. The summed E-state index contributed by atoms with van der Waals surface area (Å²) in [6.45, 7) is 2.23. The van der Waals surface area contributed by atoms with Gasteiger partial charge in [-0.25, -0.2) is 4.98 Å². The second kappa shape index (κ2) is 9.06. The third kappa shape index (κ3) is 4.62. The molecular formula is C24H22N2O4S. The molecule has 0 aliphatic rings. The molecule has 0 fully saturated rings. The Morgan fingerprint density at radius 1 is 1.00 bits per heavy atom. The van der Waals surface area contributed by atoms with Gasteiger partial charge in [-0.1, -0.05) is 24.3 Å². The minimum atomic E-state index is -0.225. The van der Waals surface area contributed by atoms with Crippen LogP contribution in [0.25, 0.3) is 21.8 Å². The number of carbonyl (C=O) groups excluding carboxylic acids is 1. The maximum absolute atomic E-state index is 12.1. The lowest BCUT2D eigenvalue weighted by atomic mass is 10.1. The number of carbonyl (C=O) groups is 1. The molecule has 0 radical (unpaired) electrons. The van der Waals surface area contributed by atoms with E-state index >= 15 is 0 Å². The second-order valence-corrected chi connectivity index (χ2v) is 7.76. The Balaban J connectivity index is 1.44. The van der Waals surface area contributed by atoms with Crippen LogP contribution in [0.2, 0.25) is 0 Å². The SMILES string of the molecule is COc1ccc(-c2csc(-c3ccc(CNC(=O)c4ccc(C)o4)cc3)n2)cc1OC. The van der Waals surface area contributed by atoms with E-state index in [4.69, 9.17) is 18.9 Å². The van der Waals surface area contributed by atoms with Gasteiger partial charge in [0.05, 0.1) is 19.9 Å². The van der Waals surface area contributed by atoms with Crippen molar-refractivity contribution in [2.45, 2.75) is 13.5 Å². The highest BCUT2D eigenvalue weighted by Gasteiger charge is 2.12. The lowest BCUT2D eigenvalue weighted by Crippen LogP contribution is -2.22. The van der Waals surface area contributed by atoms with Gasteiger partial charge >= 0.3 is 0 Å². The summed E-state index contributed by atoms with van der Waals surface area (Å²) in [5.41, 5.74) is 3.86. The summed E-state index contributed by atoms with van der Waals surface area (Å²) in [5, 5.41) is 5.81. The van der Waals surface area contributed by atoms with E-state index in [1.807, 2.05) is 54.8 Å². The fourth-order valence-corrected chi connectivity index (χ4v) is 3.96. The third-order valence-electron chi connectivity index (χ3n) is 4.80. The zero-order valence-corrected chi connectivity index (χ0v) is 18.3. The Labute approximate surface area is 184 Å². The molecule has 2 heterocycles. The summed E-state index contributed by atoms with van der Waals surface area (Å²) in [4.78, 5) is 16.9. The van der Waals surface area contributed by atoms with Crippen LogP contribution in [-0.2, 0) is 6.54 Å². The maximum atomic E-state index is 12.1. The maximum Gasteiger partial charge on any atom is 0.287 e. The summed E-state index contributed by atoms with van der Waals surface area (Å²) < 4.78 is 16.0. The van der Waals surface area contributed by atoms with E-state index in [1.165, 1.54) is 0 Å². The summed E-state index contributed by atoms with van der Waals surface area (Å²) in [6.07, 6.45) is 0. The number of benzene rings is 2. The van der Waals surface area contributed by atoms with Crippen molar-refractivity contribution in [2.75, 3.05) is 14.2 Å². The number of aromatic nitrogens is 1. The summed E-state index contributed by atoms with van der Waals surface area (Å²) in [6, 6.07) is 17.2. The van der Waals surface area contributed by atoms with E-state index in [2.05, 4.69) is 5.32 Å². The molecule has 0 bridgehead atoms. The van der Waals surface area contributed by atoms with Crippen molar-refractivity contribution < 1.29 is 18.7 Å². The molecule has 7 heteroatoms. The van der Waals surface area contributed by atoms with Crippen molar-refractivity contribution in [3.05, 3.63) is 77.1 Å². The van der Waals surface area contributed by atoms with E-state index in [9.17, 15) is 4.79 Å². The van der Waals surface area contributed by atoms with Gasteiger partial charge in [0.25, 0.3) is 5.91 Å². The van der Waals surface area contributed by atoms with Crippen molar-refractivity contribution in [3.63, 3.8) is 0 Å². The lowest BCUT2D eigenvalue weighted by Gasteiger charge is -2.08. The Hall–Kier alpha value is -3.58. The number of furan rings is 1. The van der Waals surface area contributed by atoms with Crippen molar-refractivity contribution in [2.24, 2.45) is 0 Å². The first-order chi connectivity index (χ1) is 15.1. The lowest BCUT2D eigenvalue weighted by molar-refractivity contribution is 0.0922. The van der Waals surface area contributed by atoms with E-state index in [0.29, 0.717) is 29.6 Å². The largest absolute Gasteiger partial charge is 0.493 e. The minimum absolute atomic E-state index is 0.225. The molecule has 1 N–H and O–H groups in total. The molecule has 0 unspecified atom stereocenters. The molecule has 0 spiro atoms. The highest BCUT2D eigenvalue weighted by atomic mass is 32.1. The molecule has 4 rings (SSSR count). The number of thiazole rings is 1. The monoisotopic (exact) mass is 434 g/mol. The number of hydrogen-bond donors (Lipinski definition) is 1. The fourth-order valence-electron chi connectivity index (χ4n) is 3.13. The fraction of sp³-hybridized carbons (Fsp3) is 0.167. The topological polar surface area (TPSA) is 73.6 Å². The Morgan fingerprint density at radius 2 is 1.74 bits per heavy atom. The normalized spacial score (nSPS) is 10.7. The molecule has 0 saturated heterocycles. The average Bonchev–Trinajstić information content (AvgIpc) is 3.47.